The van der Waals surface area contributed by atoms with Gasteiger partial charge >= 0.3 is 0 Å². The number of hydrogen-bond donors (Lipinski definition) is 1. The number of aromatic nitrogens is 2. The highest BCUT2D eigenvalue weighted by atomic mass is 32.2. The van der Waals surface area contributed by atoms with E-state index in [0.29, 0.717) is 11.1 Å². The molecule has 6 heteroatoms. The predicted octanol–water partition coefficient (Wildman–Crippen LogP) is 4.02. The van der Waals surface area contributed by atoms with Gasteiger partial charge in [0.1, 0.15) is 0 Å². The molecule has 1 amide bonds. The van der Waals surface area contributed by atoms with Crippen molar-refractivity contribution in [2.75, 3.05) is 5.75 Å². The van der Waals surface area contributed by atoms with E-state index in [2.05, 4.69) is 33.7 Å². The maximum Gasteiger partial charge on any atom is 0.277 e. The summed E-state index contributed by atoms with van der Waals surface area (Å²) in [6.07, 6.45) is 3.16. The molecule has 0 saturated carbocycles. The van der Waals surface area contributed by atoms with Gasteiger partial charge in [-0.25, -0.2) is 0 Å². The molecule has 2 aromatic carbocycles. The number of aryl methyl sites for hydroxylation is 1. The van der Waals surface area contributed by atoms with E-state index in [0.717, 1.165) is 24.8 Å². The van der Waals surface area contributed by atoms with Crippen LogP contribution >= 0.6 is 11.8 Å². The van der Waals surface area contributed by atoms with Crippen molar-refractivity contribution >= 4 is 17.7 Å². The first kappa shape index (κ1) is 16.8. The lowest BCUT2D eigenvalue weighted by Crippen LogP contribution is -2.32. The third-order valence-corrected chi connectivity index (χ3v) is 5.28. The number of benzene rings is 2. The molecule has 0 fully saturated rings. The first-order valence-electron chi connectivity index (χ1n) is 8.68. The van der Waals surface area contributed by atoms with Crippen LogP contribution in [0.2, 0.25) is 0 Å². The van der Waals surface area contributed by atoms with Gasteiger partial charge in [0.05, 0.1) is 11.8 Å². The maximum absolute atomic E-state index is 12.3. The number of rotatable bonds is 5. The van der Waals surface area contributed by atoms with Crippen LogP contribution < -0.4 is 5.32 Å². The second-order valence-electron chi connectivity index (χ2n) is 6.24. The zero-order valence-electron chi connectivity index (χ0n) is 14.2. The highest BCUT2D eigenvalue weighted by molar-refractivity contribution is 7.99. The Morgan fingerprint density at radius 2 is 1.92 bits per heavy atom. The Morgan fingerprint density at radius 1 is 1.12 bits per heavy atom. The average molecular weight is 365 g/mol. The molecule has 0 saturated heterocycles. The lowest BCUT2D eigenvalue weighted by Gasteiger charge is -2.26. The van der Waals surface area contributed by atoms with Crippen LogP contribution in [-0.4, -0.2) is 21.9 Å². The Labute approximate surface area is 156 Å². The zero-order valence-corrected chi connectivity index (χ0v) is 15.0. The minimum Gasteiger partial charge on any atom is -0.411 e. The van der Waals surface area contributed by atoms with Gasteiger partial charge < -0.3 is 9.73 Å². The summed E-state index contributed by atoms with van der Waals surface area (Å²) in [5.74, 6) is 0.709. The number of nitrogens with zero attached hydrogens (tertiary/aromatic N) is 2. The Morgan fingerprint density at radius 3 is 2.81 bits per heavy atom. The summed E-state index contributed by atoms with van der Waals surface area (Å²) >= 11 is 1.26. The predicted molar refractivity (Wildman–Crippen MR) is 101 cm³/mol. The molecule has 0 aliphatic heterocycles. The molecule has 1 aliphatic carbocycles. The molecule has 26 heavy (non-hydrogen) atoms. The minimum atomic E-state index is -0.0174. The van der Waals surface area contributed by atoms with Crippen molar-refractivity contribution in [2.45, 2.75) is 30.5 Å². The average Bonchev–Trinajstić information content (AvgIpc) is 3.17. The number of carbonyl (C=O) groups excluding carboxylic acids is 1. The van der Waals surface area contributed by atoms with Crippen LogP contribution in [0.5, 0.6) is 0 Å². The van der Waals surface area contributed by atoms with Crippen molar-refractivity contribution < 1.29 is 9.21 Å². The molecular formula is C20H19N3O2S. The Hall–Kier alpha value is -2.60. The number of hydrogen-bond acceptors (Lipinski definition) is 5. The molecule has 4 rings (SSSR count). The van der Waals surface area contributed by atoms with E-state index in [1.807, 2.05) is 36.4 Å². The molecule has 0 radical (unpaired) electrons. The summed E-state index contributed by atoms with van der Waals surface area (Å²) in [6.45, 7) is 0. The summed E-state index contributed by atoms with van der Waals surface area (Å²) in [7, 11) is 0. The Bertz CT molecular complexity index is 895. The third-order valence-electron chi connectivity index (χ3n) is 4.46. The van der Waals surface area contributed by atoms with E-state index < -0.39 is 0 Å². The van der Waals surface area contributed by atoms with Crippen molar-refractivity contribution in [3.05, 3.63) is 65.7 Å². The highest BCUT2D eigenvalue weighted by Gasteiger charge is 2.21. The lowest BCUT2D eigenvalue weighted by atomic mass is 9.88. The maximum atomic E-state index is 12.3. The molecule has 0 spiro atoms. The number of nitrogens with one attached hydrogen (secondary N) is 1. The van der Waals surface area contributed by atoms with E-state index in [9.17, 15) is 4.79 Å². The van der Waals surface area contributed by atoms with Crippen molar-refractivity contribution in [1.82, 2.24) is 15.5 Å². The van der Waals surface area contributed by atoms with E-state index in [1.165, 1.54) is 22.9 Å². The van der Waals surface area contributed by atoms with Gasteiger partial charge in [-0.1, -0.05) is 54.2 Å². The van der Waals surface area contributed by atoms with Crippen LogP contribution in [0.3, 0.4) is 0 Å². The molecule has 5 nitrogen and oxygen atoms in total. The summed E-state index contributed by atoms with van der Waals surface area (Å²) in [6, 6.07) is 18.0. The summed E-state index contributed by atoms with van der Waals surface area (Å²) in [5, 5.41) is 11.6. The quantitative estimate of drug-likeness (QED) is 0.692. The van der Waals surface area contributed by atoms with Gasteiger partial charge in [0.15, 0.2) is 0 Å². The molecule has 1 aromatic heterocycles. The van der Waals surface area contributed by atoms with Crippen LogP contribution in [0.1, 0.15) is 30.0 Å². The largest absolute Gasteiger partial charge is 0.411 e. The molecule has 3 aromatic rings. The van der Waals surface area contributed by atoms with E-state index >= 15 is 0 Å². The number of thioether (sulfide) groups is 1. The van der Waals surface area contributed by atoms with E-state index in [1.54, 1.807) is 0 Å². The molecule has 1 N–H and O–H groups in total. The van der Waals surface area contributed by atoms with Crippen molar-refractivity contribution in [1.29, 1.82) is 0 Å². The fourth-order valence-electron chi connectivity index (χ4n) is 3.23. The van der Waals surface area contributed by atoms with Crippen LogP contribution in [0, 0.1) is 0 Å². The van der Waals surface area contributed by atoms with Gasteiger partial charge in [0.25, 0.3) is 5.22 Å². The van der Waals surface area contributed by atoms with Crippen molar-refractivity contribution in [2.24, 2.45) is 0 Å². The zero-order chi connectivity index (χ0) is 17.8. The summed E-state index contributed by atoms with van der Waals surface area (Å²) < 4.78 is 5.63. The van der Waals surface area contributed by atoms with Crippen LogP contribution in [0.15, 0.2) is 64.2 Å². The monoisotopic (exact) mass is 365 g/mol. The van der Waals surface area contributed by atoms with Crippen LogP contribution in [0.25, 0.3) is 11.5 Å². The van der Waals surface area contributed by atoms with E-state index in [4.69, 9.17) is 4.42 Å². The fourth-order valence-corrected chi connectivity index (χ4v) is 3.81. The summed E-state index contributed by atoms with van der Waals surface area (Å²) in [4.78, 5) is 12.3. The van der Waals surface area contributed by atoms with Crippen LogP contribution in [-0.2, 0) is 11.2 Å². The van der Waals surface area contributed by atoms with Gasteiger partial charge in [0.2, 0.25) is 11.8 Å². The van der Waals surface area contributed by atoms with Gasteiger partial charge in [-0.3, -0.25) is 4.79 Å². The Kier molecular flexibility index (Phi) is 5.02. The summed E-state index contributed by atoms with van der Waals surface area (Å²) in [5.41, 5.74) is 3.44. The van der Waals surface area contributed by atoms with Gasteiger partial charge in [0, 0.05) is 5.56 Å². The van der Waals surface area contributed by atoms with Crippen molar-refractivity contribution in [3.8, 4) is 11.5 Å². The molecule has 132 valence electrons. The van der Waals surface area contributed by atoms with Gasteiger partial charge in [-0.2, -0.15) is 0 Å². The van der Waals surface area contributed by atoms with E-state index in [-0.39, 0.29) is 17.7 Å². The van der Waals surface area contributed by atoms with Crippen molar-refractivity contribution in [3.63, 3.8) is 0 Å². The van der Waals surface area contributed by atoms with Crippen LogP contribution in [0.4, 0.5) is 0 Å². The highest BCUT2D eigenvalue weighted by Crippen LogP contribution is 2.29. The standard InChI is InChI=1S/C20H19N3O2S/c24-18(21-17-12-6-10-14-7-4-5-11-16(14)17)13-26-20-23-22-19(25-20)15-8-2-1-3-9-15/h1-5,7-9,11,17H,6,10,12-13H2,(H,21,24)/t17-/m0/s1. The van der Waals surface area contributed by atoms with Gasteiger partial charge in [-0.05, 0) is 42.5 Å². The van der Waals surface area contributed by atoms with Gasteiger partial charge in [-0.15, -0.1) is 10.2 Å². The second-order valence-corrected chi connectivity index (χ2v) is 7.17. The number of amides is 1. The minimum absolute atomic E-state index is 0.0174. The second kappa shape index (κ2) is 7.74. The lowest BCUT2D eigenvalue weighted by molar-refractivity contribution is -0.119. The molecule has 1 heterocycles. The third kappa shape index (κ3) is 3.80. The first-order chi connectivity index (χ1) is 12.8. The molecular weight excluding hydrogens is 346 g/mol. The Balaban J connectivity index is 1.35. The fraction of sp³-hybridized carbons (Fsp3) is 0.250. The first-order valence-corrected chi connectivity index (χ1v) is 9.67. The topological polar surface area (TPSA) is 68.0 Å². The molecule has 0 bridgehead atoms. The number of carbonyl (C=O) groups is 1. The normalized spacial score (nSPS) is 16.1. The number of fused-ring (bicyclic) bond motifs is 1. The molecule has 0 unspecified atom stereocenters. The molecule has 1 atom stereocenters. The molecule has 1 aliphatic rings. The SMILES string of the molecule is O=C(CSc1nnc(-c2ccccc2)o1)N[C@H]1CCCc2ccccc21. The smallest absolute Gasteiger partial charge is 0.277 e.